The molecule has 1 aliphatic rings. The number of benzene rings is 2. The van der Waals surface area contributed by atoms with E-state index in [-0.39, 0.29) is 23.5 Å². The third-order valence-electron chi connectivity index (χ3n) is 5.55. The van der Waals surface area contributed by atoms with E-state index in [0.29, 0.717) is 27.5 Å². The number of para-hydroxylation sites is 2. The Morgan fingerprint density at radius 2 is 1.85 bits per heavy atom. The van der Waals surface area contributed by atoms with Crippen molar-refractivity contribution in [1.82, 2.24) is 10.3 Å². The van der Waals surface area contributed by atoms with Gasteiger partial charge < -0.3 is 10.6 Å². The molecule has 0 saturated heterocycles. The van der Waals surface area contributed by atoms with E-state index in [2.05, 4.69) is 15.6 Å². The summed E-state index contributed by atoms with van der Waals surface area (Å²) in [5.74, 6) is -1.06. The standard InChI is InChI=1S/C24H23ClN4O4S/c1-15-12-22(16(2)11-18(15)25)34(32,33)29-20-9-4-3-8-19(20)28-24(31)21(29)13-23(30)27-14-17-7-5-6-10-26-17/h3-12,21H,13-14H2,1-2H3,(H,27,30)(H,28,31)/t21-/m1/s1. The minimum Gasteiger partial charge on any atom is -0.350 e. The molecule has 2 amide bonds. The first-order chi connectivity index (χ1) is 16.2. The molecule has 0 fully saturated rings. The largest absolute Gasteiger partial charge is 0.350 e. The van der Waals surface area contributed by atoms with Gasteiger partial charge in [0.2, 0.25) is 11.8 Å². The first-order valence-electron chi connectivity index (χ1n) is 10.6. The first kappa shape index (κ1) is 23.7. The van der Waals surface area contributed by atoms with Gasteiger partial charge in [0.25, 0.3) is 10.0 Å². The Morgan fingerprint density at radius 3 is 2.59 bits per heavy atom. The molecule has 1 aliphatic heterocycles. The number of carbonyl (C=O) groups excluding carboxylic acids is 2. The molecule has 0 radical (unpaired) electrons. The van der Waals surface area contributed by atoms with E-state index in [1.807, 2.05) is 0 Å². The lowest BCUT2D eigenvalue weighted by molar-refractivity contribution is -0.125. The van der Waals surface area contributed by atoms with Crippen molar-refractivity contribution in [2.45, 2.75) is 37.8 Å². The van der Waals surface area contributed by atoms with Gasteiger partial charge in [0.05, 0.1) is 34.9 Å². The first-order valence-corrected chi connectivity index (χ1v) is 12.4. The van der Waals surface area contributed by atoms with E-state index in [0.717, 1.165) is 4.31 Å². The fourth-order valence-electron chi connectivity index (χ4n) is 3.81. The lowest BCUT2D eigenvalue weighted by atomic mass is 10.1. The van der Waals surface area contributed by atoms with Crippen LogP contribution in [0.4, 0.5) is 11.4 Å². The Labute approximate surface area is 203 Å². The van der Waals surface area contributed by atoms with Crippen molar-refractivity contribution in [1.29, 1.82) is 0 Å². The van der Waals surface area contributed by atoms with Crippen molar-refractivity contribution >= 4 is 44.8 Å². The maximum absolute atomic E-state index is 13.9. The van der Waals surface area contributed by atoms with Crippen molar-refractivity contribution in [3.05, 3.63) is 82.6 Å². The Kier molecular flexibility index (Phi) is 6.58. The van der Waals surface area contributed by atoms with Gasteiger partial charge in [-0.05, 0) is 61.4 Å². The van der Waals surface area contributed by atoms with Crippen molar-refractivity contribution in [2.24, 2.45) is 0 Å². The molecule has 0 aliphatic carbocycles. The molecule has 10 heteroatoms. The summed E-state index contributed by atoms with van der Waals surface area (Å²) in [5, 5.41) is 5.87. The molecule has 0 saturated carbocycles. The molecule has 8 nitrogen and oxygen atoms in total. The van der Waals surface area contributed by atoms with Crippen molar-refractivity contribution in [3.8, 4) is 0 Å². The lowest BCUT2D eigenvalue weighted by Gasteiger charge is -2.37. The van der Waals surface area contributed by atoms with Gasteiger partial charge in [-0.2, -0.15) is 0 Å². The number of nitrogens with zero attached hydrogens (tertiary/aromatic N) is 2. The van der Waals surface area contributed by atoms with Gasteiger partial charge in [-0.1, -0.05) is 29.8 Å². The van der Waals surface area contributed by atoms with Crippen LogP contribution in [0.5, 0.6) is 0 Å². The lowest BCUT2D eigenvalue weighted by Crippen LogP contribution is -2.52. The number of amides is 2. The highest BCUT2D eigenvalue weighted by atomic mass is 35.5. The second-order valence-electron chi connectivity index (χ2n) is 7.99. The zero-order chi connectivity index (χ0) is 24.5. The number of hydrogen-bond acceptors (Lipinski definition) is 5. The number of nitrogens with one attached hydrogen (secondary N) is 2. The summed E-state index contributed by atoms with van der Waals surface area (Å²) in [6, 6.07) is 13.7. The highest BCUT2D eigenvalue weighted by molar-refractivity contribution is 7.93. The molecule has 0 bridgehead atoms. The summed E-state index contributed by atoms with van der Waals surface area (Å²) in [7, 11) is -4.22. The van der Waals surface area contributed by atoms with Gasteiger partial charge in [0.1, 0.15) is 6.04 Å². The zero-order valence-corrected chi connectivity index (χ0v) is 20.2. The molecule has 2 N–H and O–H groups in total. The third-order valence-corrected chi connectivity index (χ3v) is 7.92. The summed E-state index contributed by atoms with van der Waals surface area (Å²) < 4.78 is 28.9. The van der Waals surface area contributed by atoms with Crippen LogP contribution in [0.25, 0.3) is 0 Å². The molecule has 0 unspecified atom stereocenters. The van der Waals surface area contributed by atoms with Gasteiger partial charge >= 0.3 is 0 Å². The maximum Gasteiger partial charge on any atom is 0.265 e. The second kappa shape index (κ2) is 9.44. The van der Waals surface area contributed by atoms with Crippen LogP contribution in [0.3, 0.4) is 0 Å². The number of pyridine rings is 1. The Morgan fingerprint density at radius 1 is 1.12 bits per heavy atom. The summed E-state index contributed by atoms with van der Waals surface area (Å²) in [5.41, 5.74) is 2.31. The van der Waals surface area contributed by atoms with Crippen LogP contribution >= 0.6 is 11.6 Å². The number of sulfonamides is 1. The number of aromatic nitrogens is 1. The van der Waals surface area contributed by atoms with Gasteiger partial charge in [-0.3, -0.25) is 18.9 Å². The van der Waals surface area contributed by atoms with Gasteiger partial charge in [-0.25, -0.2) is 8.42 Å². The topological polar surface area (TPSA) is 108 Å². The molecule has 34 heavy (non-hydrogen) atoms. The number of anilines is 2. The number of aryl methyl sites for hydroxylation is 2. The molecule has 1 aromatic heterocycles. The number of halogens is 1. The van der Waals surface area contributed by atoms with E-state index in [1.54, 1.807) is 68.6 Å². The van der Waals surface area contributed by atoms with Gasteiger partial charge in [0, 0.05) is 11.2 Å². The minimum atomic E-state index is -4.22. The second-order valence-corrected chi connectivity index (χ2v) is 10.2. The van der Waals surface area contributed by atoms with Gasteiger partial charge in [-0.15, -0.1) is 0 Å². The van der Waals surface area contributed by atoms with Crippen LogP contribution in [0.15, 0.2) is 65.7 Å². The Hall–Kier alpha value is -3.43. The van der Waals surface area contributed by atoms with E-state index in [4.69, 9.17) is 11.6 Å². The molecule has 2 aromatic carbocycles. The predicted molar refractivity (Wildman–Crippen MR) is 130 cm³/mol. The molecular weight excluding hydrogens is 476 g/mol. The van der Waals surface area contributed by atoms with E-state index < -0.39 is 27.9 Å². The van der Waals surface area contributed by atoms with E-state index >= 15 is 0 Å². The summed E-state index contributed by atoms with van der Waals surface area (Å²) >= 11 is 6.18. The van der Waals surface area contributed by atoms with Crippen LogP contribution in [0, 0.1) is 13.8 Å². The molecule has 1 atom stereocenters. The molecule has 0 spiro atoms. The fourth-order valence-corrected chi connectivity index (χ4v) is 5.96. The maximum atomic E-state index is 13.9. The SMILES string of the molecule is Cc1cc(S(=O)(=O)N2c3ccccc3NC(=O)[C@H]2CC(=O)NCc2ccccn2)c(C)cc1Cl. The monoisotopic (exact) mass is 498 g/mol. The summed E-state index contributed by atoms with van der Waals surface area (Å²) in [6.45, 7) is 3.51. The van der Waals surface area contributed by atoms with Crippen LogP contribution in [-0.4, -0.2) is 31.3 Å². The third kappa shape index (κ3) is 4.62. The molecule has 176 valence electrons. The molecule has 3 aromatic rings. The average molecular weight is 499 g/mol. The highest BCUT2D eigenvalue weighted by Gasteiger charge is 2.42. The normalized spacial score (nSPS) is 15.4. The van der Waals surface area contributed by atoms with E-state index in [1.165, 1.54) is 6.07 Å². The summed E-state index contributed by atoms with van der Waals surface area (Å²) in [6.07, 6.45) is 1.25. The average Bonchev–Trinajstić information content (AvgIpc) is 2.81. The number of fused-ring (bicyclic) bond motifs is 1. The van der Waals surface area contributed by atoms with Crippen LogP contribution < -0.4 is 14.9 Å². The van der Waals surface area contributed by atoms with Crippen molar-refractivity contribution in [3.63, 3.8) is 0 Å². The smallest absolute Gasteiger partial charge is 0.265 e. The van der Waals surface area contributed by atoms with Crippen molar-refractivity contribution < 1.29 is 18.0 Å². The predicted octanol–water partition coefficient (Wildman–Crippen LogP) is 3.57. The van der Waals surface area contributed by atoms with E-state index in [9.17, 15) is 18.0 Å². The molecule has 4 rings (SSSR count). The molecule has 2 heterocycles. The van der Waals surface area contributed by atoms with Gasteiger partial charge in [0.15, 0.2) is 0 Å². The van der Waals surface area contributed by atoms with Crippen LogP contribution in [0.1, 0.15) is 23.2 Å². The Balaban J connectivity index is 1.71. The fraction of sp³-hybridized carbons (Fsp3) is 0.208. The molecular formula is C24H23ClN4O4S. The van der Waals surface area contributed by atoms with Crippen molar-refractivity contribution in [2.75, 3.05) is 9.62 Å². The highest BCUT2D eigenvalue weighted by Crippen LogP contribution is 2.38. The number of hydrogen-bond donors (Lipinski definition) is 2. The number of rotatable bonds is 6. The Bertz CT molecular complexity index is 1360. The quantitative estimate of drug-likeness (QED) is 0.540. The minimum absolute atomic E-state index is 0.0257. The van der Waals surface area contributed by atoms with Crippen LogP contribution in [-0.2, 0) is 26.2 Å². The van der Waals surface area contributed by atoms with Crippen LogP contribution in [0.2, 0.25) is 5.02 Å². The summed E-state index contributed by atoms with van der Waals surface area (Å²) in [4.78, 5) is 30.0. The zero-order valence-electron chi connectivity index (χ0n) is 18.6. The number of carbonyl (C=O) groups is 2.